The van der Waals surface area contributed by atoms with Gasteiger partial charge in [-0.15, -0.1) is 0 Å². The summed E-state index contributed by atoms with van der Waals surface area (Å²) in [5.74, 6) is -1.47. The van der Waals surface area contributed by atoms with Crippen LogP contribution in [0.4, 0.5) is 0 Å². The molecule has 0 bridgehead atoms. The lowest BCUT2D eigenvalue weighted by Gasteiger charge is -2.22. The van der Waals surface area contributed by atoms with Crippen LogP contribution in [0.5, 0.6) is 0 Å². The molecule has 2 aliphatic rings. The predicted molar refractivity (Wildman–Crippen MR) is 106 cm³/mol. The van der Waals surface area contributed by atoms with Crippen LogP contribution in [-0.2, 0) is 17.9 Å². The van der Waals surface area contributed by atoms with E-state index in [0.29, 0.717) is 15.6 Å². The number of aliphatic hydroxyl groups is 3. The van der Waals surface area contributed by atoms with Gasteiger partial charge in [0, 0.05) is 6.42 Å². The minimum absolute atomic E-state index is 0.0973. The van der Waals surface area contributed by atoms with Crippen LogP contribution in [0.2, 0.25) is 0 Å². The molecule has 2 heterocycles. The molecule has 1 aromatic rings. The van der Waals surface area contributed by atoms with Crippen LogP contribution >= 0.6 is 0 Å². The largest absolute Gasteiger partial charge is 0.480 e. The third kappa shape index (κ3) is 4.08. The molecule has 0 aliphatic carbocycles. The van der Waals surface area contributed by atoms with Crippen LogP contribution in [0, 0.1) is 13.8 Å². The Labute approximate surface area is 169 Å². The number of hydrogen-bond donors (Lipinski definition) is 4. The highest BCUT2D eigenvalue weighted by molar-refractivity contribution is 5.81. The fraction of sp³-hybridized carbons (Fsp3) is 0.421. The molecule has 0 saturated heterocycles. The van der Waals surface area contributed by atoms with Crippen molar-refractivity contribution in [3.8, 4) is 11.5 Å². The van der Waals surface area contributed by atoms with Gasteiger partial charge in [0.05, 0.1) is 36.4 Å². The smallest absolute Gasteiger partial charge is 0.353 e. The van der Waals surface area contributed by atoms with E-state index < -0.39 is 42.6 Å². The minimum atomic E-state index is -1.37. The Morgan fingerprint density at radius 1 is 1.07 bits per heavy atom. The number of hydrogen-bond acceptors (Lipinski definition) is 8. The molecule has 0 fully saturated rings. The number of nitrogens with zero attached hydrogens (tertiary/aromatic N) is 4. The van der Waals surface area contributed by atoms with Crippen LogP contribution in [0.3, 0.4) is 0 Å². The fourth-order valence-electron chi connectivity index (χ4n) is 3.26. The predicted octanol–water partition coefficient (Wildman–Crippen LogP) is -1.14. The molecule has 2 atom stereocenters. The molecule has 11 heteroatoms. The van der Waals surface area contributed by atoms with Crippen LogP contribution in [0.1, 0.15) is 17.5 Å². The summed E-state index contributed by atoms with van der Waals surface area (Å²) < 4.78 is 1.94. The summed E-state index contributed by atoms with van der Waals surface area (Å²) in [6, 6.07) is 3.52. The lowest BCUT2D eigenvalue weighted by Crippen LogP contribution is -2.40. The summed E-state index contributed by atoms with van der Waals surface area (Å²) in [6.07, 6.45) is -2.40. The van der Waals surface area contributed by atoms with E-state index >= 15 is 0 Å². The van der Waals surface area contributed by atoms with Crippen molar-refractivity contribution in [3.05, 3.63) is 44.1 Å². The van der Waals surface area contributed by atoms with E-state index in [1.165, 1.54) is 4.57 Å². The van der Waals surface area contributed by atoms with Crippen molar-refractivity contribution in [1.82, 2.24) is 19.1 Å². The molecule has 0 saturated carbocycles. The Hall–Kier alpha value is -3.15. The summed E-state index contributed by atoms with van der Waals surface area (Å²) in [5, 5.41) is 38.0. The van der Waals surface area contributed by atoms with Crippen molar-refractivity contribution in [3.63, 3.8) is 0 Å². The zero-order valence-electron chi connectivity index (χ0n) is 16.4. The number of aromatic nitrogens is 4. The summed E-state index contributed by atoms with van der Waals surface area (Å²) in [5.41, 5.74) is 0.566. The quantitative estimate of drug-likeness (QED) is 0.347. The second-order valence-electron chi connectivity index (χ2n) is 7.23. The molecule has 0 unspecified atom stereocenters. The van der Waals surface area contributed by atoms with Crippen LogP contribution in [0.25, 0.3) is 22.6 Å². The van der Waals surface area contributed by atoms with E-state index in [4.69, 9.17) is 10.2 Å². The zero-order chi connectivity index (χ0) is 22.2. The number of aliphatic hydroxyl groups excluding tert-OH is 3. The van der Waals surface area contributed by atoms with Crippen molar-refractivity contribution in [1.29, 1.82) is 0 Å². The molecule has 0 amide bonds. The number of aliphatic carboxylic acids is 1. The minimum Gasteiger partial charge on any atom is -0.480 e. The van der Waals surface area contributed by atoms with Gasteiger partial charge in [0.1, 0.15) is 6.54 Å². The van der Waals surface area contributed by atoms with Gasteiger partial charge in [-0.05, 0) is 37.1 Å². The number of carboxylic acids is 1. The van der Waals surface area contributed by atoms with Gasteiger partial charge in [0.15, 0.2) is 11.5 Å². The van der Waals surface area contributed by atoms with Gasteiger partial charge in [-0.1, -0.05) is 0 Å². The molecule has 30 heavy (non-hydrogen) atoms. The topological polar surface area (TPSA) is 168 Å². The van der Waals surface area contributed by atoms with E-state index in [0.717, 1.165) is 11.1 Å². The van der Waals surface area contributed by atoms with Crippen molar-refractivity contribution < 1.29 is 25.2 Å². The Morgan fingerprint density at radius 3 is 2.37 bits per heavy atom. The van der Waals surface area contributed by atoms with Crippen molar-refractivity contribution >= 4 is 17.0 Å². The normalized spacial score (nSPS) is 13.6. The van der Waals surface area contributed by atoms with Crippen LogP contribution in [-0.4, -0.2) is 64.3 Å². The molecule has 4 N–H and O–H groups in total. The Balaban J connectivity index is 2.31. The lowest BCUT2D eigenvalue weighted by molar-refractivity contribution is -0.137. The summed E-state index contributed by atoms with van der Waals surface area (Å²) in [4.78, 5) is 44.3. The number of carbonyl (C=O) groups is 1. The standard InChI is InChI=1S/C19H22N4O7/c1-9-3-13-14(4-10(9)2)22(6-11(25)5-12(26)8-24)17-16(20-13)18(29)23(7-15(27)28)19(30)21-17/h3-4,11-12,24-26H,5-8H2,1-2H3,(H,27,28)/t11-,12+/m0/s1. The van der Waals surface area contributed by atoms with Crippen molar-refractivity contribution in [2.24, 2.45) is 0 Å². The Morgan fingerprint density at radius 2 is 1.73 bits per heavy atom. The molecule has 160 valence electrons. The van der Waals surface area contributed by atoms with Crippen molar-refractivity contribution in [2.45, 2.75) is 45.6 Å². The first-order valence-corrected chi connectivity index (χ1v) is 9.23. The van der Waals surface area contributed by atoms with E-state index in [1.54, 1.807) is 12.1 Å². The monoisotopic (exact) mass is 418 g/mol. The molecular formula is C19H22N4O7. The van der Waals surface area contributed by atoms with Gasteiger partial charge in [-0.3, -0.25) is 9.59 Å². The second-order valence-corrected chi connectivity index (χ2v) is 7.23. The third-order valence-electron chi connectivity index (χ3n) is 4.90. The number of rotatable bonds is 7. The first-order valence-electron chi connectivity index (χ1n) is 9.23. The highest BCUT2D eigenvalue weighted by Crippen LogP contribution is 2.24. The lowest BCUT2D eigenvalue weighted by atomic mass is 10.1. The molecule has 3 rings (SSSR count). The summed E-state index contributed by atoms with van der Waals surface area (Å²) >= 11 is 0. The third-order valence-corrected chi connectivity index (χ3v) is 4.90. The molecule has 0 aromatic heterocycles. The van der Waals surface area contributed by atoms with Gasteiger partial charge in [0.2, 0.25) is 0 Å². The SMILES string of the molecule is Cc1cc2nc3c(=O)n(CC(=O)O)c(=O)nc-3n(C[C@@H](O)C[C@@H](O)CO)c2cc1C. The van der Waals surface area contributed by atoms with Crippen LogP contribution in [0.15, 0.2) is 21.7 Å². The zero-order valence-corrected chi connectivity index (χ0v) is 16.4. The van der Waals surface area contributed by atoms with E-state index in [-0.39, 0.29) is 24.5 Å². The van der Waals surface area contributed by atoms with Gasteiger partial charge in [-0.2, -0.15) is 4.98 Å². The maximum absolute atomic E-state index is 12.8. The maximum Gasteiger partial charge on any atom is 0.353 e. The van der Waals surface area contributed by atoms with Crippen LogP contribution < -0.4 is 11.2 Å². The summed E-state index contributed by atoms with van der Waals surface area (Å²) in [6.45, 7) is 2.22. The number of aryl methyl sites for hydroxylation is 2. The van der Waals surface area contributed by atoms with Gasteiger partial charge in [0.25, 0.3) is 5.56 Å². The van der Waals surface area contributed by atoms with E-state index in [9.17, 15) is 24.6 Å². The van der Waals surface area contributed by atoms with Gasteiger partial charge >= 0.3 is 11.7 Å². The Kier molecular flexibility index (Phi) is 5.97. The molecule has 1 aromatic carbocycles. The van der Waals surface area contributed by atoms with Gasteiger partial charge in [-0.25, -0.2) is 14.3 Å². The van der Waals surface area contributed by atoms with E-state index in [2.05, 4.69) is 9.97 Å². The number of benzene rings is 1. The molecule has 0 radical (unpaired) electrons. The number of carboxylic acid groups (broad SMARTS) is 1. The average molecular weight is 418 g/mol. The highest BCUT2D eigenvalue weighted by atomic mass is 16.4. The maximum atomic E-state index is 12.8. The average Bonchev–Trinajstić information content (AvgIpc) is 2.67. The van der Waals surface area contributed by atoms with Gasteiger partial charge < -0.3 is 25.0 Å². The molecular weight excluding hydrogens is 396 g/mol. The summed E-state index contributed by atoms with van der Waals surface area (Å²) in [7, 11) is 0. The molecule has 11 nitrogen and oxygen atoms in total. The fourth-order valence-corrected chi connectivity index (χ4v) is 3.26. The first-order chi connectivity index (χ1) is 14.1. The van der Waals surface area contributed by atoms with E-state index in [1.807, 2.05) is 13.8 Å². The Bertz CT molecular complexity index is 1200. The molecule has 0 spiro atoms. The van der Waals surface area contributed by atoms with Crippen molar-refractivity contribution in [2.75, 3.05) is 6.61 Å². The number of fused-ring (bicyclic) bond motifs is 2. The molecule has 2 aliphatic heterocycles. The highest BCUT2D eigenvalue weighted by Gasteiger charge is 2.24. The second kappa shape index (κ2) is 8.30. The first kappa shape index (κ1) is 21.6.